The fourth-order valence-corrected chi connectivity index (χ4v) is 4.39. The molecule has 0 heterocycles. The molecule has 1 atom stereocenters. The van der Waals surface area contributed by atoms with E-state index in [0.717, 1.165) is 49.0 Å². The third-order valence-corrected chi connectivity index (χ3v) is 6.03. The lowest BCUT2D eigenvalue weighted by Crippen LogP contribution is -2.22. The summed E-state index contributed by atoms with van der Waals surface area (Å²) in [6.07, 6.45) is 11.2. The monoisotopic (exact) mass is 348 g/mol. The fourth-order valence-electron chi connectivity index (χ4n) is 4.39. The van der Waals surface area contributed by atoms with Crippen molar-refractivity contribution in [1.82, 2.24) is 0 Å². The third kappa shape index (κ3) is 4.24. The Morgan fingerprint density at radius 1 is 1.00 bits per heavy atom. The summed E-state index contributed by atoms with van der Waals surface area (Å²) in [7, 11) is 0. The van der Waals surface area contributed by atoms with Crippen LogP contribution in [0.15, 0.2) is 18.2 Å². The van der Waals surface area contributed by atoms with E-state index in [1.165, 1.54) is 25.7 Å². The van der Waals surface area contributed by atoms with Crippen LogP contribution in [-0.4, -0.2) is 6.61 Å². The Labute approximate surface area is 150 Å². The van der Waals surface area contributed by atoms with E-state index in [4.69, 9.17) is 4.74 Å². The van der Waals surface area contributed by atoms with Crippen LogP contribution < -0.4 is 4.74 Å². The molecule has 3 heteroatoms. The van der Waals surface area contributed by atoms with E-state index in [2.05, 4.69) is 13.0 Å². The zero-order chi connectivity index (χ0) is 17.8. The van der Waals surface area contributed by atoms with Crippen LogP contribution in [-0.2, 0) is 0 Å². The molecule has 2 aliphatic carbocycles. The SMILES string of the molecule is CCCOc1ccc(C2=CCC(C3CCC(C)CC3)CC2)c(F)c1F. The van der Waals surface area contributed by atoms with Crippen LogP contribution >= 0.6 is 0 Å². The Bertz CT molecular complexity index is 615. The van der Waals surface area contributed by atoms with E-state index < -0.39 is 11.6 Å². The van der Waals surface area contributed by atoms with Crippen molar-refractivity contribution >= 4 is 5.57 Å². The molecule has 1 fully saturated rings. The standard InChI is InChI=1S/C22H30F2O/c1-3-14-25-20-13-12-19(21(23)22(20)24)18-10-8-17(9-11-18)16-6-4-15(2)5-7-16/h10,12-13,15-17H,3-9,11,14H2,1-2H3. The van der Waals surface area contributed by atoms with Crippen molar-refractivity contribution in [3.05, 3.63) is 35.4 Å². The van der Waals surface area contributed by atoms with Crippen molar-refractivity contribution in [2.45, 2.75) is 65.2 Å². The Hall–Kier alpha value is -1.38. The lowest BCUT2D eigenvalue weighted by molar-refractivity contribution is 0.202. The Morgan fingerprint density at radius 2 is 1.76 bits per heavy atom. The van der Waals surface area contributed by atoms with Crippen LogP contribution in [0.3, 0.4) is 0 Å². The molecule has 0 N–H and O–H groups in total. The zero-order valence-electron chi connectivity index (χ0n) is 15.5. The second-order valence-electron chi connectivity index (χ2n) is 7.87. The van der Waals surface area contributed by atoms with E-state index >= 15 is 0 Å². The molecular formula is C22H30F2O. The first-order chi connectivity index (χ1) is 12.1. The summed E-state index contributed by atoms with van der Waals surface area (Å²) >= 11 is 0. The summed E-state index contributed by atoms with van der Waals surface area (Å²) in [6.45, 7) is 4.69. The number of benzene rings is 1. The molecule has 0 aromatic heterocycles. The Balaban J connectivity index is 1.68. The second-order valence-corrected chi connectivity index (χ2v) is 7.87. The lowest BCUT2D eigenvalue weighted by atomic mass is 9.71. The van der Waals surface area contributed by atoms with Crippen LogP contribution in [0.4, 0.5) is 8.78 Å². The minimum atomic E-state index is -0.852. The van der Waals surface area contributed by atoms with Crippen molar-refractivity contribution in [2.24, 2.45) is 17.8 Å². The fraction of sp³-hybridized carbons (Fsp3) is 0.636. The highest BCUT2D eigenvalue weighted by atomic mass is 19.2. The highest BCUT2D eigenvalue weighted by molar-refractivity contribution is 5.67. The van der Waals surface area contributed by atoms with Gasteiger partial charge in [0.2, 0.25) is 5.82 Å². The van der Waals surface area contributed by atoms with Gasteiger partial charge in [-0.1, -0.05) is 32.8 Å². The quantitative estimate of drug-likeness (QED) is 0.571. The van der Waals surface area contributed by atoms with E-state index in [-0.39, 0.29) is 5.75 Å². The first-order valence-electron chi connectivity index (χ1n) is 9.90. The van der Waals surface area contributed by atoms with E-state index in [9.17, 15) is 8.78 Å². The van der Waals surface area contributed by atoms with Crippen LogP contribution in [0.5, 0.6) is 5.75 Å². The lowest BCUT2D eigenvalue weighted by Gasteiger charge is -2.34. The molecule has 25 heavy (non-hydrogen) atoms. The van der Waals surface area contributed by atoms with Crippen LogP contribution in [0.2, 0.25) is 0 Å². The Kier molecular flexibility index (Phi) is 6.14. The highest BCUT2D eigenvalue weighted by Gasteiger charge is 2.28. The molecule has 0 aliphatic heterocycles. The summed E-state index contributed by atoms with van der Waals surface area (Å²) in [5.74, 6) is 0.821. The summed E-state index contributed by atoms with van der Waals surface area (Å²) < 4.78 is 34.0. The van der Waals surface area contributed by atoms with Crippen molar-refractivity contribution in [2.75, 3.05) is 6.61 Å². The summed E-state index contributed by atoms with van der Waals surface area (Å²) in [5.41, 5.74) is 1.37. The second kappa shape index (κ2) is 8.33. The largest absolute Gasteiger partial charge is 0.490 e. The van der Waals surface area contributed by atoms with Gasteiger partial charge in [-0.05, 0) is 74.0 Å². The molecular weight excluding hydrogens is 318 g/mol. The average molecular weight is 348 g/mol. The molecule has 0 spiro atoms. The molecule has 1 unspecified atom stereocenters. The number of halogens is 2. The van der Waals surface area contributed by atoms with Gasteiger partial charge in [-0.2, -0.15) is 4.39 Å². The predicted octanol–water partition coefficient (Wildman–Crippen LogP) is 6.76. The van der Waals surface area contributed by atoms with Gasteiger partial charge in [0.25, 0.3) is 0 Å². The maximum atomic E-state index is 14.5. The normalized spacial score (nSPS) is 27.0. The number of rotatable bonds is 5. The third-order valence-electron chi connectivity index (χ3n) is 6.03. The van der Waals surface area contributed by atoms with Gasteiger partial charge in [0.05, 0.1) is 6.61 Å². The molecule has 1 aromatic carbocycles. The van der Waals surface area contributed by atoms with Gasteiger partial charge in [-0.25, -0.2) is 4.39 Å². The number of hydrogen-bond donors (Lipinski definition) is 0. The van der Waals surface area contributed by atoms with Crippen LogP contribution in [0, 0.1) is 29.4 Å². The Morgan fingerprint density at radius 3 is 2.40 bits per heavy atom. The van der Waals surface area contributed by atoms with Gasteiger partial charge in [0.1, 0.15) is 0 Å². The van der Waals surface area contributed by atoms with Crippen molar-refractivity contribution in [1.29, 1.82) is 0 Å². The molecule has 138 valence electrons. The smallest absolute Gasteiger partial charge is 0.201 e. The average Bonchev–Trinajstić information content (AvgIpc) is 2.64. The highest BCUT2D eigenvalue weighted by Crippen LogP contribution is 2.41. The molecule has 1 aromatic rings. The molecule has 3 rings (SSSR count). The van der Waals surface area contributed by atoms with Crippen LogP contribution in [0.25, 0.3) is 5.57 Å². The summed E-state index contributed by atoms with van der Waals surface area (Å²) in [5, 5.41) is 0. The molecule has 2 aliphatic rings. The first kappa shape index (κ1) is 18.4. The number of allylic oxidation sites excluding steroid dienone is 2. The first-order valence-corrected chi connectivity index (χ1v) is 9.90. The van der Waals surface area contributed by atoms with Gasteiger partial charge >= 0.3 is 0 Å². The summed E-state index contributed by atoms with van der Waals surface area (Å²) in [6, 6.07) is 3.25. The van der Waals surface area contributed by atoms with Gasteiger partial charge in [-0.3, -0.25) is 0 Å². The van der Waals surface area contributed by atoms with Crippen LogP contribution in [0.1, 0.15) is 70.8 Å². The van der Waals surface area contributed by atoms with Crippen molar-refractivity contribution < 1.29 is 13.5 Å². The summed E-state index contributed by atoms with van der Waals surface area (Å²) in [4.78, 5) is 0. The topological polar surface area (TPSA) is 9.23 Å². The minimum Gasteiger partial charge on any atom is -0.490 e. The van der Waals surface area contributed by atoms with Gasteiger partial charge < -0.3 is 4.74 Å². The van der Waals surface area contributed by atoms with E-state index in [0.29, 0.717) is 12.2 Å². The number of hydrogen-bond acceptors (Lipinski definition) is 1. The minimum absolute atomic E-state index is 0.0220. The maximum Gasteiger partial charge on any atom is 0.201 e. The number of ether oxygens (including phenoxy) is 1. The van der Waals surface area contributed by atoms with E-state index in [1.54, 1.807) is 12.1 Å². The molecule has 0 bridgehead atoms. The predicted molar refractivity (Wildman–Crippen MR) is 98.6 cm³/mol. The molecule has 0 amide bonds. The van der Waals surface area contributed by atoms with Crippen molar-refractivity contribution in [3.8, 4) is 5.75 Å². The van der Waals surface area contributed by atoms with Gasteiger partial charge in [-0.15, -0.1) is 0 Å². The molecule has 0 saturated heterocycles. The van der Waals surface area contributed by atoms with Gasteiger partial charge in [0, 0.05) is 5.56 Å². The molecule has 0 radical (unpaired) electrons. The zero-order valence-corrected chi connectivity index (χ0v) is 15.5. The molecule has 1 nitrogen and oxygen atoms in total. The molecule has 1 saturated carbocycles. The maximum absolute atomic E-state index is 14.5. The van der Waals surface area contributed by atoms with E-state index in [1.807, 2.05) is 6.92 Å². The van der Waals surface area contributed by atoms with Crippen molar-refractivity contribution in [3.63, 3.8) is 0 Å². The van der Waals surface area contributed by atoms with Gasteiger partial charge in [0.15, 0.2) is 11.6 Å².